The third-order valence-corrected chi connectivity index (χ3v) is 2.54. The molecule has 7 nitrogen and oxygen atoms in total. The van der Waals surface area contributed by atoms with E-state index in [9.17, 15) is 4.79 Å². The molecule has 0 unspecified atom stereocenters. The molecule has 0 aliphatic rings. The lowest BCUT2D eigenvalue weighted by atomic mass is 10.2. The fourth-order valence-corrected chi connectivity index (χ4v) is 1.71. The van der Waals surface area contributed by atoms with Crippen LogP contribution in [-0.4, -0.2) is 29.4 Å². The van der Waals surface area contributed by atoms with Gasteiger partial charge in [-0.05, 0) is 26.0 Å². The number of urea groups is 1. The zero-order chi connectivity index (χ0) is 15.2. The number of carbonyl (C=O) groups excluding carboxylic acids is 1. The van der Waals surface area contributed by atoms with E-state index in [4.69, 9.17) is 9.47 Å². The monoisotopic (exact) mass is 290 g/mol. The number of ether oxygens (including phenoxy) is 2. The summed E-state index contributed by atoms with van der Waals surface area (Å²) in [5.41, 5.74) is 1.19. The van der Waals surface area contributed by atoms with Crippen LogP contribution in [0.4, 0.5) is 16.2 Å². The predicted octanol–water partition coefficient (Wildman–Crippen LogP) is 2.85. The molecule has 1 aromatic heterocycles. The van der Waals surface area contributed by atoms with Crippen LogP contribution in [0, 0.1) is 0 Å². The molecule has 0 saturated carbocycles. The van der Waals surface area contributed by atoms with Crippen molar-refractivity contribution in [2.75, 3.05) is 17.7 Å². The second-order valence-corrected chi connectivity index (χ2v) is 4.60. The Hall–Kier alpha value is -2.70. The number of benzene rings is 1. The summed E-state index contributed by atoms with van der Waals surface area (Å²) in [5.74, 6) is 1.19. The summed E-state index contributed by atoms with van der Waals surface area (Å²) in [6.45, 7) is 3.84. The van der Waals surface area contributed by atoms with Crippen LogP contribution in [0.3, 0.4) is 0 Å². The van der Waals surface area contributed by atoms with Crippen molar-refractivity contribution in [3.05, 3.63) is 30.6 Å². The van der Waals surface area contributed by atoms with Crippen LogP contribution in [0.25, 0.3) is 0 Å². The molecule has 112 valence electrons. The molecule has 0 atom stereocenters. The van der Waals surface area contributed by atoms with Crippen molar-refractivity contribution in [1.29, 1.82) is 0 Å². The number of methoxy groups -OCH3 is 1. The highest BCUT2D eigenvalue weighted by atomic mass is 16.5. The fourth-order valence-electron chi connectivity index (χ4n) is 1.71. The Morgan fingerprint density at radius 1 is 1.24 bits per heavy atom. The Labute approximate surface area is 122 Å². The number of hydrogen-bond donors (Lipinski definition) is 3. The molecule has 7 heteroatoms. The maximum atomic E-state index is 11.8. The number of nitrogens with one attached hydrogen (secondary N) is 3. The van der Waals surface area contributed by atoms with Crippen molar-refractivity contribution in [1.82, 2.24) is 10.2 Å². The van der Waals surface area contributed by atoms with E-state index in [0.717, 1.165) is 0 Å². The van der Waals surface area contributed by atoms with Crippen LogP contribution in [0.5, 0.6) is 11.5 Å². The Morgan fingerprint density at radius 3 is 2.62 bits per heavy atom. The first-order valence-corrected chi connectivity index (χ1v) is 6.50. The molecule has 2 amide bonds. The van der Waals surface area contributed by atoms with E-state index in [1.165, 1.54) is 6.20 Å². The first-order chi connectivity index (χ1) is 10.1. The van der Waals surface area contributed by atoms with Crippen molar-refractivity contribution in [2.45, 2.75) is 20.0 Å². The Bertz CT molecular complexity index is 596. The average molecular weight is 290 g/mol. The van der Waals surface area contributed by atoms with Gasteiger partial charge in [-0.15, -0.1) is 0 Å². The highest BCUT2D eigenvalue weighted by molar-refractivity contribution is 5.99. The second-order valence-electron chi connectivity index (χ2n) is 4.60. The van der Waals surface area contributed by atoms with E-state index in [0.29, 0.717) is 22.9 Å². The molecule has 0 spiro atoms. The van der Waals surface area contributed by atoms with Crippen LogP contribution in [-0.2, 0) is 0 Å². The zero-order valence-corrected chi connectivity index (χ0v) is 12.1. The fraction of sp³-hybridized carbons (Fsp3) is 0.286. The van der Waals surface area contributed by atoms with E-state index in [2.05, 4.69) is 20.8 Å². The highest BCUT2D eigenvalue weighted by Crippen LogP contribution is 2.31. The Morgan fingerprint density at radius 2 is 2.00 bits per heavy atom. The number of aromatic nitrogens is 2. The molecule has 0 bridgehead atoms. The molecular weight excluding hydrogens is 272 g/mol. The predicted molar refractivity (Wildman–Crippen MR) is 80.0 cm³/mol. The molecular formula is C14H18N4O3. The van der Waals surface area contributed by atoms with Crippen LogP contribution in [0.15, 0.2) is 30.6 Å². The molecule has 3 N–H and O–H groups in total. The van der Waals surface area contributed by atoms with Gasteiger partial charge in [0.05, 0.1) is 25.1 Å². The molecule has 0 fully saturated rings. The van der Waals surface area contributed by atoms with Crippen molar-refractivity contribution in [3.8, 4) is 11.5 Å². The number of carbonyl (C=O) groups is 1. The summed E-state index contributed by atoms with van der Waals surface area (Å²) in [5, 5.41) is 11.7. The van der Waals surface area contributed by atoms with Gasteiger partial charge in [-0.1, -0.05) is 0 Å². The van der Waals surface area contributed by atoms with Gasteiger partial charge in [-0.25, -0.2) is 4.79 Å². The molecule has 1 aromatic carbocycles. The van der Waals surface area contributed by atoms with E-state index in [1.807, 2.05) is 13.8 Å². The first kappa shape index (κ1) is 14.7. The second kappa shape index (κ2) is 6.65. The van der Waals surface area contributed by atoms with Gasteiger partial charge in [0.25, 0.3) is 0 Å². The van der Waals surface area contributed by atoms with Gasteiger partial charge in [0.1, 0.15) is 0 Å². The number of H-pyrrole nitrogens is 1. The zero-order valence-electron chi connectivity index (χ0n) is 12.1. The first-order valence-electron chi connectivity index (χ1n) is 6.50. The quantitative estimate of drug-likeness (QED) is 0.790. The van der Waals surface area contributed by atoms with Crippen LogP contribution >= 0.6 is 0 Å². The maximum Gasteiger partial charge on any atom is 0.323 e. The minimum atomic E-state index is -0.364. The lowest BCUT2D eigenvalue weighted by Crippen LogP contribution is -2.19. The minimum absolute atomic E-state index is 0.00825. The van der Waals surface area contributed by atoms with Gasteiger partial charge < -0.3 is 20.1 Å². The van der Waals surface area contributed by atoms with Gasteiger partial charge in [0.2, 0.25) is 0 Å². The number of hydrogen-bond acceptors (Lipinski definition) is 4. The summed E-state index contributed by atoms with van der Waals surface area (Å²) < 4.78 is 10.9. The Balaban J connectivity index is 2.07. The van der Waals surface area contributed by atoms with Crippen molar-refractivity contribution < 1.29 is 14.3 Å². The summed E-state index contributed by atoms with van der Waals surface area (Å²) in [4.78, 5) is 11.8. The van der Waals surface area contributed by atoms with Gasteiger partial charge in [0.15, 0.2) is 11.5 Å². The maximum absolute atomic E-state index is 11.8. The molecule has 0 saturated heterocycles. The number of rotatable bonds is 5. The van der Waals surface area contributed by atoms with E-state index in [-0.39, 0.29) is 12.1 Å². The average Bonchev–Trinajstić information content (AvgIpc) is 2.91. The molecule has 0 radical (unpaired) electrons. The van der Waals surface area contributed by atoms with Gasteiger partial charge in [-0.3, -0.25) is 5.10 Å². The Kier molecular flexibility index (Phi) is 4.65. The van der Waals surface area contributed by atoms with Gasteiger partial charge in [-0.2, -0.15) is 5.10 Å². The molecule has 2 aromatic rings. The number of amides is 2. The van der Waals surface area contributed by atoms with E-state index >= 15 is 0 Å². The van der Waals surface area contributed by atoms with Crippen LogP contribution < -0.4 is 20.1 Å². The van der Waals surface area contributed by atoms with Crippen LogP contribution in [0.2, 0.25) is 0 Å². The summed E-state index contributed by atoms with van der Waals surface area (Å²) in [6, 6.07) is 4.83. The number of anilines is 2. The smallest absolute Gasteiger partial charge is 0.323 e. The van der Waals surface area contributed by atoms with E-state index in [1.54, 1.807) is 31.5 Å². The summed E-state index contributed by atoms with van der Waals surface area (Å²) in [7, 11) is 1.57. The SMILES string of the molecule is COc1ccc(NC(=O)Nc2cn[nH]c2)cc1OC(C)C. The molecule has 0 aliphatic carbocycles. The largest absolute Gasteiger partial charge is 0.493 e. The minimum Gasteiger partial charge on any atom is -0.493 e. The highest BCUT2D eigenvalue weighted by Gasteiger charge is 2.10. The summed E-state index contributed by atoms with van der Waals surface area (Å²) >= 11 is 0. The lowest BCUT2D eigenvalue weighted by molar-refractivity contribution is 0.230. The van der Waals surface area contributed by atoms with Crippen molar-refractivity contribution >= 4 is 17.4 Å². The van der Waals surface area contributed by atoms with Gasteiger partial charge >= 0.3 is 6.03 Å². The van der Waals surface area contributed by atoms with Gasteiger partial charge in [0, 0.05) is 18.0 Å². The van der Waals surface area contributed by atoms with E-state index < -0.39 is 0 Å². The van der Waals surface area contributed by atoms with Crippen LogP contribution in [0.1, 0.15) is 13.8 Å². The van der Waals surface area contributed by atoms with Crippen molar-refractivity contribution in [2.24, 2.45) is 0 Å². The van der Waals surface area contributed by atoms with Crippen molar-refractivity contribution in [3.63, 3.8) is 0 Å². The number of nitrogens with zero attached hydrogens (tertiary/aromatic N) is 1. The third kappa shape index (κ3) is 4.13. The standard InChI is InChI=1S/C14H18N4O3/c1-9(2)21-13-6-10(4-5-12(13)20-3)17-14(19)18-11-7-15-16-8-11/h4-9H,1-3H3,(H,15,16)(H2,17,18,19). The normalized spacial score (nSPS) is 10.3. The molecule has 2 rings (SSSR count). The molecule has 21 heavy (non-hydrogen) atoms. The topological polar surface area (TPSA) is 88.3 Å². The summed E-state index contributed by atoms with van der Waals surface area (Å²) in [6.07, 6.45) is 3.11. The lowest BCUT2D eigenvalue weighted by Gasteiger charge is -2.15. The third-order valence-electron chi connectivity index (χ3n) is 2.54. The number of aromatic amines is 1. The molecule has 1 heterocycles. The molecule has 0 aliphatic heterocycles.